The Hall–Kier alpha value is -1.81. The zero-order valence-corrected chi connectivity index (χ0v) is 13.4. The van der Waals surface area contributed by atoms with E-state index in [2.05, 4.69) is 36.3 Å². The molecule has 0 fully saturated rings. The van der Waals surface area contributed by atoms with Gasteiger partial charge >= 0.3 is 0 Å². The molecule has 2 aromatic rings. The average molecular weight is 288 g/mol. The van der Waals surface area contributed by atoms with Crippen molar-refractivity contribution in [2.45, 2.75) is 40.3 Å². The van der Waals surface area contributed by atoms with Crippen molar-refractivity contribution < 1.29 is 9.15 Å². The minimum absolute atomic E-state index is 0.271. The maximum Gasteiger partial charge on any atom is 0.191 e. The van der Waals surface area contributed by atoms with Crippen LogP contribution >= 0.6 is 0 Å². The number of nitrogens with one attached hydrogen (secondary N) is 1. The van der Waals surface area contributed by atoms with E-state index in [1.54, 1.807) is 7.11 Å². The van der Waals surface area contributed by atoms with Crippen LogP contribution in [0.25, 0.3) is 0 Å². The fourth-order valence-corrected chi connectivity index (χ4v) is 2.49. The van der Waals surface area contributed by atoms with Gasteiger partial charge in [-0.1, -0.05) is 26.0 Å². The fraction of sp³-hybridized carbons (Fsp3) is 0.471. The molecule has 0 spiro atoms. The molecule has 1 aromatic heterocycles. The molecular formula is C17H24N2O2. The van der Waals surface area contributed by atoms with Gasteiger partial charge in [0.05, 0.1) is 12.8 Å². The third-order valence-electron chi connectivity index (χ3n) is 3.63. The van der Waals surface area contributed by atoms with E-state index in [0.29, 0.717) is 12.5 Å². The molecule has 1 atom stereocenters. The number of oxazole rings is 1. The molecule has 0 amide bonds. The minimum Gasteiger partial charge on any atom is -0.497 e. The Morgan fingerprint density at radius 2 is 1.86 bits per heavy atom. The van der Waals surface area contributed by atoms with E-state index in [-0.39, 0.29) is 6.04 Å². The molecule has 0 saturated heterocycles. The van der Waals surface area contributed by atoms with Gasteiger partial charge in [-0.15, -0.1) is 0 Å². The number of aromatic nitrogens is 1. The van der Waals surface area contributed by atoms with E-state index in [0.717, 1.165) is 23.1 Å². The maximum absolute atomic E-state index is 5.48. The van der Waals surface area contributed by atoms with Gasteiger partial charge in [0.1, 0.15) is 11.5 Å². The summed E-state index contributed by atoms with van der Waals surface area (Å²) >= 11 is 0. The summed E-state index contributed by atoms with van der Waals surface area (Å²) in [5.41, 5.74) is 2.23. The van der Waals surface area contributed by atoms with Crippen LogP contribution in [-0.2, 0) is 6.54 Å². The van der Waals surface area contributed by atoms with Gasteiger partial charge < -0.3 is 14.5 Å². The molecule has 0 aliphatic heterocycles. The van der Waals surface area contributed by atoms with E-state index >= 15 is 0 Å². The van der Waals surface area contributed by atoms with Crippen LogP contribution < -0.4 is 10.1 Å². The largest absolute Gasteiger partial charge is 0.497 e. The SMILES string of the molecule is COc1ccc(C(NCc2nc(C)oc2C)C(C)C)cc1. The zero-order chi connectivity index (χ0) is 15.4. The first kappa shape index (κ1) is 15.6. The highest BCUT2D eigenvalue weighted by atomic mass is 16.5. The first-order chi connectivity index (χ1) is 10.0. The van der Waals surface area contributed by atoms with E-state index < -0.39 is 0 Å². The second kappa shape index (κ2) is 6.76. The van der Waals surface area contributed by atoms with E-state index in [1.807, 2.05) is 26.0 Å². The van der Waals surface area contributed by atoms with Crippen LogP contribution in [0.15, 0.2) is 28.7 Å². The summed E-state index contributed by atoms with van der Waals surface area (Å²) < 4.78 is 10.7. The highest BCUT2D eigenvalue weighted by molar-refractivity contribution is 5.29. The van der Waals surface area contributed by atoms with Gasteiger partial charge in [0.2, 0.25) is 0 Å². The lowest BCUT2D eigenvalue weighted by atomic mass is 9.96. The van der Waals surface area contributed by atoms with Crippen molar-refractivity contribution in [3.8, 4) is 5.75 Å². The summed E-state index contributed by atoms with van der Waals surface area (Å²) in [6.07, 6.45) is 0. The van der Waals surface area contributed by atoms with Gasteiger partial charge in [0.15, 0.2) is 5.89 Å². The van der Waals surface area contributed by atoms with E-state index in [9.17, 15) is 0 Å². The molecule has 4 nitrogen and oxygen atoms in total. The van der Waals surface area contributed by atoms with Crippen molar-refractivity contribution in [1.29, 1.82) is 0 Å². The first-order valence-corrected chi connectivity index (χ1v) is 7.31. The molecule has 1 N–H and O–H groups in total. The number of rotatable bonds is 6. The lowest BCUT2D eigenvalue weighted by Crippen LogP contribution is -2.25. The van der Waals surface area contributed by atoms with Crippen LogP contribution in [0, 0.1) is 19.8 Å². The first-order valence-electron chi connectivity index (χ1n) is 7.31. The number of ether oxygens (including phenoxy) is 1. The summed E-state index contributed by atoms with van der Waals surface area (Å²) in [6.45, 7) is 8.96. The molecule has 0 radical (unpaired) electrons. The van der Waals surface area contributed by atoms with Gasteiger partial charge in [-0.05, 0) is 30.5 Å². The lowest BCUT2D eigenvalue weighted by Gasteiger charge is -2.23. The maximum atomic E-state index is 5.48. The van der Waals surface area contributed by atoms with E-state index in [1.165, 1.54) is 5.56 Å². The van der Waals surface area contributed by atoms with Crippen molar-refractivity contribution in [3.63, 3.8) is 0 Å². The number of benzene rings is 1. The minimum atomic E-state index is 0.271. The summed E-state index contributed by atoms with van der Waals surface area (Å²) in [6, 6.07) is 8.48. The van der Waals surface area contributed by atoms with Crippen LogP contribution in [-0.4, -0.2) is 12.1 Å². The third kappa shape index (κ3) is 3.85. The molecule has 114 valence electrons. The van der Waals surface area contributed by atoms with Crippen molar-refractivity contribution >= 4 is 0 Å². The molecule has 4 heteroatoms. The molecule has 1 aromatic carbocycles. The summed E-state index contributed by atoms with van der Waals surface area (Å²) in [7, 11) is 1.68. The van der Waals surface area contributed by atoms with Gasteiger partial charge in [-0.2, -0.15) is 0 Å². The number of nitrogens with zero attached hydrogens (tertiary/aromatic N) is 1. The highest BCUT2D eigenvalue weighted by Gasteiger charge is 2.17. The Morgan fingerprint density at radius 1 is 1.19 bits per heavy atom. The quantitative estimate of drug-likeness (QED) is 0.878. The van der Waals surface area contributed by atoms with Crippen molar-refractivity contribution in [2.75, 3.05) is 7.11 Å². The van der Waals surface area contributed by atoms with Gasteiger partial charge in [0, 0.05) is 19.5 Å². The van der Waals surface area contributed by atoms with Crippen LogP contribution in [0.2, 0.25) is 0 Å². The zero-order valence-electron chi connectivity index (χ0n) is 13.4. The Kier molecular flexibility index (Phi) is 5.02. The highest BCUT2D eigenvalue weighted by Crippen LogP contribution is 2.24. The molecule has 1 unspecified atom stereocenters. The molecule has 0 aliphatic rings. The molecule has 1 heterocycles. The topological polar surface area (TPSA) is 47.3 Å². The average Bonchev–Trinajstić information content (AvgIpc) is 2.77. The standard InChI is InChI=1S/C17H24N2O2/c1-11(2)17(14-6-8-15(20-5)9-7-14)18-10-16-12(3)21-13(4)19-16/h6-9,11,17-18H,10H2,1-5H3. The van der Waals surface area contributed by atoms with Crippen LogP contribution in [0.3, 0.4) is 0 Å². The Morgan fingerprint density at radius 3 is 2.33 bits per heavy atom. The van der Waals surface area contributed by atoms with Gasteiger partial charge in [0.25, 0.3) is 0 Å². The molecule has 21 heavy (non-hydrogen) atoms. The van der Waals surface area contributed by atoms with Crippen LogP contribution in [0.4, 0.5) is 0 Å². The van der Waals surface area contributed by atoms with Gasteiger partial charge in [-0.25, -0.2) is 4.98 Å². The molecule has 0 saturated carbocycles. The fourth-order valence-electron chi connectivity index (χ4n) is 2.49. The van der Waals surface area contributed by atoms with Crippen LogP contribution in [0.5, 0.6) is 5.75 Å². The lowest BCUT2D eigenvalue weighted by molar-refractivity contribution is 0.402. The Labute approximate surface area is 126 Å². The molecule has 0 aliphatic carbocycles. The third-order valence-corrected chi connectivity index (χ3v) is 3.63. The van der Waals surface area contributed by atoms with Gasteiger partial charge in [-0.3, -0.25) is 0 Å². The second-order valence-corrected chi connectivity index (χ2v) is 5.61. The smallest absolute Gasteiger partial charge is 0.191 e. The molecular weight excluding hydrogens is 264 g/mol. The number of aryl methyl sites for hydroxylation is 2. The van der Waals surface area contributed by atoms with Crippen molar-refractivity contribution in [1.82, 2.24) is 10.3 Å². The summed E-state index contributed by atoms with van der Waals surface area (Å²) in [5, 5.41) is 3.58. The Bertz CT molecular complexity index is 573. The number of methoxy groups -OCH3 is 1. The van der Waals surface area contributed by atoms with E-state index in [4.69, 9.17) is 9.15 Å². The normalized spacial score (nSPS) is 12.7. The Balaban J connectivity index is 2.10. The monoisotopic (exact) mass is 288 g/mol. The van der Waals surface area contributed by atoms with Crippen molar-refractivity contribution in [3.05, 3.63) is 47.2 Å². The summed E-state index contributed by atoms with van der Waals surface area (Å²) in [5.74, 6) is 2.96. The summed E-state index contributed by atoms with van der Waals surface area (Å²) in [4.78, 5) is 4.41. The predicted molar refractivity (Wildman–Crippen MR) is 83.4 cm³/mol. The van der Waals surface area contributed by atoms with Crippen LogP contribution in [0.1, 0.15) is 42.8 Å². The second-order valence-electron chi connectivity index (χ2n) is 5.61. The number of hydrogen-bond acceptors (Lipinski definition) is 4. The molecule has 2 rings (SSSR count). The van der Waals surface area contributed by atoms with Crippen molar-refractivity contribution in [2.24, 2.45) is 5.92 Å². The predicted octanol–water partition coefficient (Wildman–Crippen LogP) is 3.79. The number of hydrogen-bond donors (Lipinski definition) is 1. The molecule has 0 bridgehead atoms.